The SMILES string of the molecule is O=C(Nc1c(-c2ccccc2)ccn2c(CO)cnc12)c1cc(-c2ncccn2)c(C(F)(F)F)cc1F. The van der Waals surface area contributed by atoms with Gasteiger partial charge in [-0.15, -0.1) is 0 Å². The van der Waals surface area contributed by atoms with Crippen LogP contribution in [0, 0.1) is 5.82 Å². The molecule has 11 heteroatoms. The van der Waals surface area contributed by atoms with Crippen LogP contribution in [0.25, 0.3) is 28.2 Å². The number of amides is 1. The van der Waals surface area contributed by atoms with Crippen molar-refractivity contribution in [1.82, 2.24) is 19.4 Å². The summed E-state index contributed by atoms with van der Waals surface area (Å²) in [4.78, 5) is 25.3. The zero-order chi connectivity index (χ0) is 26.2. The quantitative estimate of drug-likeness (QED) is 0.313. The molecule has 2 N–H and O–H groups in total. The maximum absolute atomic E-state index is 15.0. The van der Waals surface area contributed by atoms with Gasteiger partial charge in [-0.2, -0.15) is 13.2 Å². The Morgan fingerprint density at radius 2 is 1.70 bits per heavy atom. The van der Waals surface area contributed by atoms with Gasteiger partial charge in [0.25, 0.3) is 5.91 Å². The highest BCUT2D eigenvalue weighted by atomic mass is 19.4. The lowest BCUT2D eigenvalue weighted by Gasteiger charge is -2.16. The smallest absolute Gasteiger partial charge is 0.390 e. The number of alkyl halides is 3. The maximum Gasteiger partial charge on any atom is 0.417 e. The van der Waals surface area contributed by atoms with Gasteiger partial charge in [-0.1, -0.05) is 30.3 Å². The second-order valence-electron chi connectivity index (χ2n) is 7.97. The molecule has 5 aromatic rings. The average molecular weight is 507 g/mol. The molecule has 0 radical (unpaired) electrons. The van der Waals surface area contributed by atoms with Crippen LogP contribution in [0.1, 0.15) is 21.6 Å². The lowest BCUT2D eigenvalue weighted by Crippen LogP contribution is -2.18. The van der Waals surface area contributed by atoms with Gasteiger partial charge in [0.1, 0.15) is 5.82 Å². The minimum absolute atomic E-state index is 0.190. The number of hydrogen-bond acceptors (Lipinski definition) is 5. The highest BCUT2D eigenvalue weighted by Crippen LogP contribution is 2.38. The van der Waals surface area contributed by atoms with Gasteiger partial charge < -0.3 is 10.4 Å². The highest BCUT2D eigenvalue weighted by molar-refractivity contribution is 6.09. The molecule has 0 aliphatic rings. The minimum Gasteiger partial charge on any atom is -0.390 e. The number of nitrogens with one attached hydrogen (secondary N) is 1. The van der Waals surface area contributed by atoms with Crippen molar-refractivity contribution in [2.45, 2.75) is 12.8 Å². The Hall–Kier alpha value is -4.64. The molecular weight excluding hydrogens is 490 g/mol. The van der Waals surface area contributed by atoms with E-state index in [9.17, 15) is 27.5 Å². The number of anilines is 1. The molecule has 0 saturated carbocycles. The van der Waals surface area contributed by atoms with E-state index >= 15 is 0 Å². The summed E-state index contributed by atoms with van der Waals surface area (Å²) in [7, 11) is 0. The molecule has 0 unspecified atom stereocenters. The van der Waals surface area contributed by atoms with E-state index in [4.69, 9.17) is 0 Å². The number of rotatable bonds is 5. The Labute approximate surface area is 207 Å². The van der Waals surface area contributed by atoms with Crippen LogP contribution in [-0.4, -0.2) is 30.4 Å². The molecule has 3 aromatic heterocycles. The second kappa shape index (κ2) is 9.43. The molecule has 7 nitrogen and oxygen atoms in total. The second-order valence-corrected chi connectivity index (χ2v) is 7.97. The van der Waals surface area contributed by atoms with E-state index in [1.807, 2.05) is 6.07 Å². The van der Waals surface area contributed by atoms with Crippen LogP contribution in [0.5, 0.6) is 0 Å². The van der Waals surface area contributed by atoms with E-state index in [1.54, 1.807) is 40.9 Å². The minimum atomic E-state index is -4.91. The summed E-state index contributed by atoms with van der Waals surface area (Å²) in [5.74, 6) is -2.67. The van der Waals surface area contributed by atoms with Gasteiger partial charge in [0, 0.05) is 29.7 Å². The third-order valence-electron chi connectivity index (χ3n) is 5.71. The number of aliphatic hydroxyl groups is 1. The van der Waals surface area contributed by atoms with E-state index < -0.39 is 34.6 Å². The van der Waals surface area contributed by atoms with Crippen molar-refractivity contribution in [2.24, 2.45) is 0 Å². The summed E-state index contributed by atoms with van der Waals surface area (Å²) >= 11 is 0. The predicted molar refractivity (Wildman–Crippen MR) is 127 cm³/mol. The standard InChI is InChI=1S/C26H17F4N5O2/c27-21-12-20(26(28,29)30)18(23-31-8-4-9-32-23)11-19(21)25(37)34-22-17(15-5-2-1-3-6-15)7-10-35-16(14-36)13-33-24(22)35/h1-13,36H,14H2,(H,34,37). The first-order chi connectivity index (χ1) is 17.8. The summed E-state index contributed by atoms with van der Waals surface area (Å²) in [5.41, 5.74) is -0.339. The van der Waals surface area contributed by atoms with Gasteiger partial charge in [0.05, 0.1) is 35.3 Å². The number of hydrogen-bond donors (Lipinski definition) is 2. The fourth-order valence-corrected chi connectivity index (χ4v) is 3.98. The largest absolute Gasteiger partial charge is 0.417 e. The molecule has 0 spiro atoms. The van der Waals surface area contributed by atoms with Crippen molar-refractivity contribution in [3.8, 4) is 22.5 Å². The number of carbonyl (C=O) groups excluding carboxylic acids is 1. The van der Waals surface area contributed by atoms with Crippen LogP contribution in [0.3, 0.4) is 0 Å². The number of carbonyl (C=O) groups is 1. The van der Waals surface area contributed by atoms with Crippen molar-refractivity contribution in [1.29, 1.82) is 0 Å². The molecule has 3 heterocycles. The first kappa shape index (κ1) is 24.1. The average Bonchev–Trinajstić information content (AvgIpc) is 3.33. The van der Waals surface area contributed by atoms with E-state index in [1.165, 1.54) is 24.7 Å². The predicted octanol–water partition coefficient (Wildman–Crippen LogP) is 5.36. The Morgan fingerprint density at radius 3 is 2.38 bits per heavy atom. The number of nitrogens with zero attached hydrogens (tertiary/aromatic N) is 4. The van der Waals surface area contributed by atoms with Crippen molar-refractivity contribution in [2.75, 3.05) is 5.32 Å². The zero-order valence-electron chi connectivity index (χ0n) is 18.9. The normalized spacial score (nSPS) is 11.6. The van der Waals surface area contributed by atoms with Gasteiger partial charge in [0.15, 0.2) is 11.5 Å². The van der Waals surface area contributed by atoms with Crippen LogP contribution in [0.2, 0.25) is 0 Å². The fraction of sp³-hybridized carbons (Fsp3) is 0.0769. The Bertz CT molecular complexity index is 1600. The molecule has 0 aliphatic heterocycles. The van der Waals surface area contributed by atoms with E-state index in [2.05, 4.69) is 20.3 Å². The summed E-state index contributed by atoms with van der Waals surface area (Å²) < 4.78 is 57.6. The van der Waals surface area contributed by atoms with Crippen molar-refractivity contribution < 1.29 is 27.5 Å². The third-order valence-corrected chi connectivity index (χ3v) is 5.71. The summed E-state index contributed by atoms with van der Waals surface area (Å²) in [5, 5.41) is 12.2. The van der Waals surface area contributed by atoms with Crippen molar-refractivity contribution >= 4 is 17.2 Å². The van der Waals surface area contributed by atoms with Gasteiger partial charge in [-0.25, -0.2) is 19.3 Å². The molecule has 1 amide bonds. The summed E-state index contributed by atoms with van der Waals surface area (Å²) in [6.45, 7) is -0.326. The molecule has 5 rings (SSSR count). The van der Waals surface area contributed by atoms with Gasteiger partial charge in [-0.3, -0.25) is 9.20 Å². The Morgan fingerprint density at radius 1 is 0.973 bits per heavy atom. The van der Waals surface area contributed by atoms with Crippen LogP contribution >= 0.6 is 0 Å². The summed E-state index contributed by atoms with van der Waals surface area (Å²) in [6.07, 6.45) is 0.663. The van der Waals surface area contributed by atoms with Crippen LogP contribution in [0.15, 0.2) is 79.4 Å². The number of halogens is 4. The number of pyridine rings is 1. The molecule has 186 valence electrons. The zero-order valence-corrected chi connectivity index (χ0v) is 18.9. The van der Waals surface area contributed by atoms with Crippen molar-refractivity contribution in [3.63, 3.8) is 0 Å². The molecule has 2 aromatic carbocycles. The molecular formula is C26H17F4N5O2. The highest BCUT2D eigenvalue weighted by Gasteiger charge is 2.36. The van der Waals surface area contributed by atoms with E-state index in [0.29, 0.717) is 16.8 Å². The maximum atomic E-state index is 15.0. The third kappa shape index (κ3) is 4.52. The van der Waals surface area contributed by atoms with Crippen molar-refractivity contribution in [3.05, 3.63) is 102 Å². The van der Waals surface area contributed by atoms with Crippen LogP contribution in [0.4, 0.5) is 23.2 Å². The fourth-order valence-electron chi connectivity index (χ4n) is 3.98. The number of aromatic nitrogens is 4. The number of aliphatic hydroxyl groups excluding tert-OH is 1. The van der Waals surface area contributed by atoms with Gasteiger partial charge in [0.2, 0.25) is 0 Å². The Kier molecular flexibility index (Phi) is 6.14. The number of fused-ring (bicyclic) bond motifs is 1. The molecule has 0 aliphatic carbocycles. The number of imidazole rings is 1. The van der Waals surface area contributed by atoms with Crippen LogP contribution < -0.4 is 5.32 Å². The molecule has 0 atom stereocenters. The van der Waals surface area contributed by atoms with Crippen LogP contribution in [-0.2, 0) is 12.8 Å². The Balaban J connectivity index is 1.65. The molecule has 37 heavy (non-hydrogen) atoms. The molecule has 0 fully saturated rings. The van der Waals surface area contributed by atoms with E-state index in [0.717, 1.165) is 6.07 Å². The van der Waals surface area contributed by atoms with Gasteiger partial charge >= 0.3 is 6.18 Å². The molecule has 0 saturated heterocycles. The first-order valence-electron chi connectivity index (χ1n) is 10.9. The number of benzene rings is 2. The summed E-state index contributed by atoms with van der Waals surface area (Å²) in [6, 6.07) is 13.1. The van der Waals surface area contributed by atoms with Gasteiger partial charge in [-0.05, 0) is 29.8 Å². The lowest BCUT2D eigenvalue weighted by molar-refractivity contribution is -0.137. The molecule has 0 bridgehead atoms. The lowest BCUT2D eigenvalue weighted by atomic mass is 10.0. The topological polar surface area (TPSA) is 92.4 Å². The van der Waals surface area contributed by atoms with E-state index in [-0.39, 0.29) is 29.8 Å². The monoisotopic (exact) mass is 507 g/mol. The first-order valence-corrected chi connectivity index (χ1v) is 10.9.